The second-order valence-electron chi connectivity index (χ2n) is 2.76. The Morgan fingerprint density at radius 2 is 2.00 bits per heavy atom. The molecule has 0 saturated heterocycles. The van der Waals surface area contributed by atoms with Crippen molar-refractivity contribution < 1.29 is 23.1 Å². The number of benzene rings is 1. The smallest absolute Gasteiger partial charge is 0.416 e. The summed E-state index contributed by atoms with van der Waals surface area (Å²) in [5.74, 6) is 4.13. The number of hydrogen-bond acceptors (Lipinski definition) is 3. The van der Waals surface area contributed by atoms with Crippen molar-refractivity contribution in [1.29, 1.82) is 0 Å². The van der Waals surface area contributed by atoms with E-state index in [1.165, 1.54) is 0 Å². The molecule has 0 bridgehead atoms. The molecule has 0 fully saturated rings. The Morgan fingerprint density at radius 3 is 2.40 bits per heavy atom. The summed E-state index contributed by atoms with van der Waals surface area (Å²) in [7, 11) is 0. The topological polar surface area (TPSA) is 55.5 Å². The molecule has 84 valence electrons. The second kappa shape index (κ2) is 4.26. The zero-order chi connectivity index (χ0) is 11.6. The van der Waals surface area contributed by atoms with E-state index in [1.54, 1.807) is 0 Å². The van der Waals surface area contributed by atoms with Crippen molar-refractivity contribution >= 4 is 11.6 Å². The first-order valence-corrected chi connectivity index (χ1v) is 4.14. The molecule has 0 amide bonds. The standard InChI is InChI=1S/C8H7ClF3NO2/c9-6-1-4(8(10,11)12)2-7(14)5(6)3-15-13/h1-2,14H,3,13H2. The number of halogens is 4. The maximum atomic E-state index is 12.2. The van der Waals surface area contributed by atoms with Crippen LogP contribution in [0.2, 0.25) is 5.02 Å². The first-order chi connectivity index (χ1) is 6.86. The predicted octanol–water partition coefficient (Wildman–Crippen LogP) is 2.45. The second-order valence-corrected chi connectivity index (χ2v) is 3.17. The summed E-state index contributed by atoms with van der Waals surface area (Å²) in [4.78, 5) is 4.19. The molecule has 0 aliphatic carbocycles. The van der Waals surface area contributed by atoms with Crippen LogP contribution < -0.4 is 5.90 Å². The van der Waals surface area contributed by atoms with Crippen LogP contribution >= 0.6 is 11.6 Å². The SMILES string of the molecule is NOCc1c(O)cc(C(F)(F)F)cc1Cl. The van der Waals surface area contributed by atoms with Gasteiger partial charge in [-0.1, -0.05) is 11.6 Å². The van der Waals surface area contributed by atoms with E-state index in [4.69, 9.17) is 17.5 Å². The van der Waals surface area contributed by atoms with Gasteiger partial charge in [-0.15, -0.1) is 0 Å². The number of hydrogen-bond donors (Lipinski definition) is 2. The maximum Gasteiger partial charge on any atom is 0.416 e. The largest absolute Gasteiger partial charge is 0.508 e. The van der Waals surface area contributed by atoms with Gasteiger partial charge in [0.05, 0.1) is 17.2 Å². The van der Waals surface area contributed by atoms with Gasteiger partial charge >= 0.3 is 6.18 Å². The third kappa shape index (κ3) is 2.74. The van der Waals surface area contributed by atoms with Gasteiger partial charge in [-0.05, 0) is 12.1 Å². The molecule has 3 nitrogen and oxygen atoms in total. The van der Waals surface area contributed by atoms with Gasteiger partial charge in [0.1, 0.15) is 5.75 Å². The molecule has 0 aliphatic rings. The van der Waals surface area contributed by atoms with Gasteiger partial charge in [-0.25, -0.2) is 5.90 Å². The summed E-state index contributed by atoms with van der Waals surface area (Å²) < 4.78 is 36.7. The first kappa shape index (κ1) is 12.1. The zero-order valence-electron chi connectivity index (χ0n) is 7.31. The van der Waals surface area contributed by atoms with Crippen LogP contribution in [0.15, 0.2) is 12.1 Å². The van der Waals surface area contributed by atoms with Crippen molar-refractivity contribution in [2.45, 2.75) is 12.8 Å². The van der Waals surface area contributed by atoms with E-state index >= 15 is 0 Å². The fraction of sp³-hybridized carbons (Fsp3) is 0.250. The van der Waals surface area contributed by atoms with Crippen LogP contribution in [0.5, 0.6) is 5.75 Å². The quantitative estimate of drug-likeness (QED) is 0.782. The van der Waals surface area contributed by atoms with E-state index in [0.29, 0.717) is 12.1 Å². The molecule has 1 aromatic rings. The Balaban J connectivity index is 3.19. The number of phenolic OH excluding ortho intramolecular Hbond substituents is 1. The molecule has 1 rings (SSSR count). The van der Waals surface area contributed by atoms with Crippen LogP contribution in [0.25, 0.3) is 0 Å². The molecule has 3 N–H and O–H groups in total. The van der Waals surface area contributed by atoms with E-state index < -0.39 is 17.5 Å². The normalized spacial score (nSPS) is 11.8. The van der Waals surface area contributed by atoms with Gasteiger partial charge in [-0.3, -0.25) is 4.84 Å². The Labute approximate surface area is 88.2 Å². The summed E-state index contributed by atoms with van der Waals surface area (Å²) in [6.45, 7) is -0.261. The van der Waals surface area contributed by atoms with Gasteiger partial charge in [0, 0.05) is 5.56 Å². The lowest BCUT2D eigenvalue weighted by atomic mass is 10.1. The molecule has 0 saturated carbocycles. The summed E-state index contributed by atoms with van der Waals surface area (Å²) >= 11 is 5.52. The van der Waals surface area contributed by atoms with Crippen molar-refractivity contribution in [3.05, 3.63) is 28.3 Å². The van der Waals surface area contributed by atoms with Crippen molar-refractivity contribution in [2.75, 3.05) is 0 Å². The maximum absolute atomic E-state index is 12.2. The van der Waals surface area contributed by atoms with Crippen molar-refractivity contribution in [2.24, 2.45) is 5.90 Å². The van der Waals surface area contributed by atoms with E-state index in [1.807, 2.05) is 0 Å². The highest BCUT2D eigenvalue weighted by atomic mass is 35.5. The molecule has 0 spiro atoms. The minimum absolute atomic E-state index is 0.0205. The average molecular weight is 242 g/mol. The van der Waals surface area contributed by atoms with Gasteiger partial charge < -0.3 is 5.11 Å². The van der Waals surface area contributed by atoms with Crippen molar-refractivity contribution in [3.8, 4) is 5.75 Å². The van der Waals surface area contributed by atoms with Crippen LogP contribution in [-0.4, -0.2) is 5.11 Å². The van der Waals surface area contributed by atoms with Gasteiger partial charge in [0.2, 0.25) is 0 Å². The number of rotatable bonds is 2. The summed E-state index contributed by atoms with van der Waals surface area (Å²) in [6, 6.07) is 1.27. The third-order valence-corrected chi connectivity index (χ3v) is 2.06. The zero-order valence-corrected chi connectivity index (χ0v) is 8.06. The highest BCUT2D eigenvalue weighted by molar-refractivity contribution is 6.31. The van der Waals surface area contributed by atoms with Crippen molar-refractivity contribution in [1.82, 2.24) is 0 Å². The molecule has 0 aromatic heterocycles. The van der Waals surface area contributed by atoms with E-state index in [-0.39, 0.29) is 17.2 Å². The minimum atomic E-state index is -4.55. The van der Waals surface area contributed by atoms with E-state index in [9.17, 15) is 18.3 Å². The summed E-state index contributed by atoms with van der Waals surface area (Å²) in [6.07, 6.45) is -4.55. The highest BCUT2D eigenvalue weighted by Gasteiger charge is 2.32. The predicted molar refractivity (Wildman–Crippen MR) is 47.1 cm³/mol. The lowest BCUT2D eigenvalue weighted by Gasteiger charge is -2.11. The number of phenols is 1. The van der Waals surface area contributed by atoms with Crippen molar-refractivity contribution in [3.63, 3.8) is 0 Å². The summed E-state index contributed by atoms with van der Waals surface area (Å²) in [5, 5.41) is 9.00. The van der Waals surface area contributed by atoms with Crippen LogP contribution in [0.3, 0.4) is 0 Å². The average Bonchev–Trinajstić information content (AvgIpc) is 2.09. The monoisotopic (exact) mass is 241 g/mol. The third-order valence-electron chi connectivity index (χ3n) is 1.73. The molecule has 15 heavy (non-hydrogen) atoms. The van der Waals surface area contributed by atoms with Crippen LogP contribution in [0.1, 0.15) is 11.1 Å². The fourth-order valence-electron chi connectivity index (χ4n) is 1.01. The molecule has 0 aliphatic heterocycles. The first-order valence-electron chi connectivity index (χ1n) is 3.76. The number of aromatic hydroxyl groups is 1. The highest BCUT2D eigenvalue weighted by Crippen LogP contribution is 2.36. The molecule has 7 heteroatoms. The van der Waals surface area contributed by atoms with Crippen LogP contribution in [0, 0.1) is 0 Å². The summed E-state index contributed by atoms with van der Waals surface area (Å²) in [5.41, 5.74) is -1.00. The molecule has 0 atom stereocenters. The van der Waals surface area contributed by atoms with Crippen LogP contribution in [-0.2, 0) is 17.6 Å². The Kier molecular flexibility index (Phi) is 3.43. The van der Waals surface area contributed by atoms with Gasteiger partial charge in [-0.2, -0.15) is 13.2 Å². The molecule has 0 unspecified atom stereocenters. The van der Waals surface area contributed by atoms with E-state index in [0.717, 1.165) is 0 Å². The van der Waals surface area contributed by atoms with E-state index in [2.05, 4.69) is 4.84 Å². The van der Waals surface area contributed by atoms with Gasteiger partial charge in [0.25, 0.3) is 0 Å². The molecule has 0 heterocycles. The Bertz CT molecular complexity index is 344. The lowest BCUT2D eigenvalue weighted by Crippen LogP contribution is -2.06. The molecule has 0 radical (unpaired) electrons. The Hall–Kier alpha value is -0.980. The fourth-order valence-corrected chi connectivity index (χ4v) is 1.28. The lowest BCUT2D eigenvalue weighted by molar-refractivity contribution is -0.137. The molecule has 1 aromatic carbocycles. The minimum Gasteiger partial charge on any atom is -0.508 e. The van der Waals surface area contributed by atoms with Crippen LogP contribution in [0.4, 0.5) is 13.2 Å². The number of alkyl halides is 3. The Morgan fingerprint density at radius 1 is 1.40 bits per heavy atom. The molecular formula is C8H7ClF3NO2. The van der Waals surface area contributed by atoms with Gasteiger partial charge in [0.15, 0.2) is 0 Å². The molecular weight excluding hydrogens is 235 g/mol. The number of nitrogens with two attached hydrogens (primary N) is 1.